The molecule has 2 aromatic carbocycles. The van der Waals surface area contributed by atoms with Crippen molar-refractivity contribution in [3.05, 3.63) is 64.1 Å². The van der Waals surface area contributed by atoms with E-state index in [0.29, 0.717) is 24.6 Å². The molecule has 0 bridgehead atoms. The summed E-state index contributed by atoms with van der Waals surface area (Å²) >= 11 is 1.37. The number of fused-ring (bicyclic) bond motifs is 1. The Labute approximate surface area is 169 Å². The van der Waals surface area contributed by atoms with Crippen LogP contribution in [0.25, 0.3) is 10.8 Å². The van der Waals surface area contributed by atoms with Crippen LogP contribution in [0, 0.1) is 5.92 Å². The van der Waals surface area contributed by atoms with Gasteiger partial charge in [0.05, 0.1) is 13.7 Å². The number of methoxy groups -OCH3 is 1. The summed E-state index contributed by atoms with van der Waals surface area (Å²) in [6, 6.07) is 13.7. The maximum atomic E-state index is 13.4. The lowest BCUT2D eigenvalue weighted by Crippen LogP contribution is -2.32. The van der Waals surface area contributed by atoms with Gasteiger partial charge in [-0.05, 0) is 29.2 Å². The molecule has 5 nitrogen and oxygen atoms in total. The van der Waals surface area contributed by atoms with Crippen LogP contribution < -0.4 is 0 Å². The Hall–Kier alpha value is -2.73. The van der Waals surface area contributed by atoms with Crippen LogP contribution in [0.5, 0.6) is 0 Å². The molecular formula is C22H24N2O3S. The molecule has 0 unspecified atom stereocenters. The fraction of sp³-hybridized carbons (Fsp3) is 0.318. The van der Waals surface area contributed by atoms with E-state index in [0.717, 1.165) is 22.2 Å². The van der Waals surface area contributed by atoms with Crippen molar-refractivity contribution in [2.75, 3.05) is 13.7 Å². The van der Waals surface area contributed by atoms with Crippen molar-refractivity contribution in [3.8, 4) is 0 Å². The maximum absolute atomic E-state index is 13.4. The molecule has 1 aromatic heterocycles. The zero-order chi connectivity index (χ0) is 20.1. The van der Waals surface area contributed by atoms with Crippen LogP contribution in [-0.4, -0.2) is 35.4 Å². The van der Waals surface area contributed by atoms with Gasteiger partial charge in [0.1, 0.15) is 5.01 Å². The van der Waals surface area contributed by atoms with Gasteiger partial charge < -0.3 is 9.64 Å². The van der Waals surface area contributed by atoms with Crippen LogP contribution >= 0.6 is 11.3 Å². The molecule has 0 spiro atoms. The van der Waals surface area contributed by atoms with E-state index in [1.54, 1.807) is 5.38 Å². The number of aromatic nitrogens is 1. The second kappa shape index (κ2) is 8.97. The van der Waals surface area contributed by atoms with Crippen LogP contribution in [0.4, 0.5) is 0 Å². The van der Waals surface area contributed by atoms with Gasteiger partial charge in [0, 0.05) is 17.5 Å². The predicted octanol–water partition coefficient (Wildman–Crippen LogP) is 4.77. The highest BCUT2D eigenvalue weighted by molar-refractivity contribution is 7.09. The summed E-state index contributed by atoms with van der Waals surface area (Å²) in [7, 11) is 1.33. The normalized spacial score (nSPS) is 11.0. The number of esters is 1. The van der Waals surface area contributed by atoms with E-state index in [1.165, 1.54) is 18.4 Å². The summed E-state index contributed by atoms with van der Waals surface area (Å²) in [5.41, 5.74) is 0.968. The molecule has 0 atom stereocenters. The average molecular weight is 397 g/mol. The summed E-state index contributed by atoms with van der Waals surface area (Å²) in [4.78, 5) is 31.2. The molecule has 0 N–H and O–H groups in total. The van der Waals surface area contributed by atoms with Crippen molar-refractivity contribution in [1.29, 1.82) is 0 Å². The molecule has 0 fully saturated rings. The molecule has 3 aromatic rings. The highest BCUT2D eigenvalue weighted by Crippen LogP contribution is 2.22. The van der Waals surface area contributed by atoms with Gasteiger partial charge >= 0.3 is 5.97 Å². The summed E-state index contributed by atoms with van der Waals surface area (Å²) < 4.78 is 4.72. The first-order valence-corrected chi connectivity index (χ1v) is 10.2. The molecule has 0 aliphatic rings. The molecule has 0 radical (unpaired) electrons. The molecule has 6 heteroatoms. The quantitative estimate of drug-likeness (QED) is 0.540. The smallest absolute Gasteiger partial charge is 0.357 e. The number of benzene rings is 2. The van der Waals surface area contributed by atoms with E-state index in [2.05, 4.69) is 18.8 Å². The van der Waals surface area contributed by atoms with Gasteiger partial charge in [-0.2, -0.15) is 0 Å². The van der Waals surface area contributed by atoms with Crippen molar-refractivity contribution in [2.45, 2.75) is 26.8 Å². The number of amides is 1. The number of hydrogen-bond donors (Lipinski definition) is 0. The molecule has 28 heavy (non-hydrogen) atoms. The molecule has 3 rings (SSSR count). The molecule has 0 saturated heterocycles. The van der Waals surface area contributed by atoms with Crippen LogP contribution in [0.3, 0.4) is 0 Å². The third-order valence-electron chi connectivity index (χ3n) is 4.56. The Kier molecular flexibility index (Phi) is 6.41. The minimum absolute atomic E-state index is 0.0210. The second-order valence-corrected chi connectivity index (χ2v) is 8.00. The van der Waals surface area contributed by atoms with Gasteiger partial charge in [-0.15, -0.1) is 11.3 Å². The molecular weight excluding hydrogens is 372 g/mol. The Balaban J connectivity index is 1.89. The molecule has 1 heterocycles. The molecule has 0 saturated carbocycles. The average Bonchev–Trinajstić information content (AvgIpc) is 3.18. The van der Waals surface area contributed by atoms with Gasteiger partial charge in [-0.3, -0.25) is 4.79 Å². The summed E-state index contributed by atoms with van der Waals surface area (Å²) in [6.45, 7) is 5.28. The number of thiazole rings is 1. The molecule has 0 aliphatic heterocycles. The minimum atomic E-state index is -0.461. The monoisotopic (exact) mass is 396 g/mol. The third-order valence-corrected chi connectivity index (χ3v) is 5.39. The Morgan fingerprint density at radius 1 is 1.14 bits per heavy atom. The van der Waals surface area contributed by atoms with E-state index < -0.39 is 5.97 Å². The van der Waals surface area contributed by atoms with Gasteiger partial charge in [-0.1, -0.05) is 50.2 Å². The summed E-state index contributed by atoms with van der Waals surface area (Å²) in [5, 5.41) is 4.38. The van der Waals surface area contributed by atoms with Crippen molar-refractivity contribution in [2.24, 2.45) is 5.92 Å². The lowest BCUT2D eigenvalue weighted by atomic mass is 10.0. The lowest BCUT2D eigenvalue weighted by Gasteiger charge is -2.23. The number of hydrogen-bond acceptors (Lipinski definition) is 5. The first-order chi connectivity index (χ1) is 13.5. The first-order valence-electron chi connectivity index (χ1n) is 9.29. The van der Waals surface area contributed by atoms with E-state index in [4.69, 9.17) is 4.74 Å². The van der Waals surface area contributed by atoms with E-state index in [-0.39, 0.29) is 11.6 Å². The van der Waals surface area contributed by atoms with E-state index in [1.807, 2.05) is 47.4 Å². The number of rotatable bonds is 7. The third kappa shape index (κ3) is 4.57. The zero-order valence-electron chi connectivity index (χ0n) is 16.3. The topological polar surface area (TPSA) is 59.5 Å². The number of nitrogens with zero attached hydrogens (tertiary/aromatic N) is 2. The molecule has 146 valence electrons. The van der Waals surface area contributed by atoms with Gasteiger partial charge in [-0.25, -0.2) is 9.78 Å². The van der Waals surface area contributed by atoms with Gasteiger partial charge in [0.25, 0.3) is 5.91 Å². The lowest BCUT2D eigenvalue weighted by molar-refractivity contribution is 0.0594. The Morgan fingerprint density at radius 2 is 1.89 bits per heavy atom. The predicted molar refractivity (Wildman–Crippen MR) is 112 cm³/mol. The summed E-state index contributed by atoms with van der Waals surface area (Å²) in [6.07, 6.45) is 0.895. The number of carbonyl (C=O) groups is 2. The van der Waals surface area contributed by atoms with Gasteiger partial charge in [0.2, 0.25) is 0 Å². The highest BCUT2D eigenvalue weighted by Gasteiger charge is 2.21. The number of carbonyl (C=O) groups excluding carboxylic acids is 2. The standard InChI is InChI=1S/C22H24N2O3S/c1-15(2)11-12-24(13-20-23-19(14-28-20)22(26)27-3)21(25)18-10-6-8-16-7-4-5-9-17(16)18/h4-10,14-15H,11-13H2,1-3H3. The van der Waals surface area contributed by atoms with Crippen molar-refractivity contribution >= 4 is 34.0 Å². The van der Waals surface area contributed by atoms with Crippen molar-refractivity contribution < 1.29 is 14.3 Å². The minimum Gasteiger partial charge on any atom is -0.464 e. The van der Waals surface area contributed by atoms with E-state index >= 15 is 0 Å². The fourth-order valence-electron chi connectivity index (χ4n) is 2.99. The number of ether oxygens (including phenoxy) is 1. The highest BCUT2D eigenvalue weighted by atomic mass is 32.1. The van der Waals surface area contributed by atoms with Crippen LogP contribution in [-0.2, 0) is 11.3 Å². The Morgan fingerprint density at radius 3 is 2.64 bits per heavy atom. The molecule has 0 aliphatic carbocycles. The van der Waals surface area contributed by atoms with Crippen molar-refractivity contribution in [3.63, 3.8) is 0 Å². The zero-order valence-corrected chi connectivity index (χ0v) is 17.2. The van der Waals surface area contributed by atoms with Crippen molar-refractivity contribution in [1.82, 2.24) is 9.88 Å². The van der Waals surface area contributed by atoms with Crippen LogP contribution in [0.15, 0.2) is 47.8 Å². The molecule has 1 amide bonds. The van der Waals surface area contributed by atoms with Crippen LogP contribution in [0.1, 0.15) is 46.1 Å². The first kappa shape index (κ1) is 20.0. The summed E-state index contributed by atoms with van der Waals surface area (Å²) in [5.74, 6) is -0.00591. The van der Waals surface area contributed by atoms with Crippen LogP contribution in [0.2, 0.25) is 0 Å². The maximum Gasteiger partial charge on any atom is 0.357 e. The van der Waals surface area contributed by atoms with Gasteiger partial charge in [0.15, 0.2) is 5.69 Å². The Bertz CT molecular complexity index is 975. The SMILES string of the molecule is COC(=O)c1csc(CN(CCC(C)C)C(=O)c2cccc3ccccc23)n1. The second-order valence-electron chi connectivity index (χ2n) is 7.05. The fourth-order valence-corrected chi connectivity index (χ4v) is 3.77. The largest absolute Gasteiger partial charge is 0.464 e. The van der Waals surface area contributed by atoms with E-state index in [9.17, 15) is 9.59 Å².